The highest BCUT2D eigenvalue weighted by molar-refractivity contribution is 6.03. The number of hydrogen-bond donors (Lipinski definition) is 0. The van der Waals surface area contributed by atoms with Crippen molar-refractivity contribution in [1.29, 1.82) is 0 Å². The predicted molar refractivity (Wildman–Crippen MR) is 186 cm³/mol. The highest BCUT2D eigenvalue weighted by Gasteiger charge is 2.19. The van der Waals surface area contributed by atoms with Crippen molar-refractivity contribution < 1.29 is 0 Å². The van der Waals surface area contributed by atoms with Gasteiger partial charge in [0.1, 0.15) is 6.33 Å². The van der Waals surface area contributed by atoms with E-state index in [4.69, 9.17) is 9.97 Å². The Labute approximate surface area is 267 Å². The average Bonchev–Trinajstić information content (AvgIpc) is 3.15. The Hall–Kier alpha value is -6.33. The molecule has 0 N–H and O–H groups in total. The lowest BCUT2D eigenvalue weighted by Gasteiger charge is -2.16. The van der Waals surface area contributed by atoms with Crippen LogP contribution in [0.15, 0.2) is 165 Å². The fourth-order valence-electron chi connectivity index (χ4n) is 5.91. The van der Waals surface area contributed by atoms with E-state index in [9.17, 15) is 0 Å². The summed E-state index contributed by atoms with van der Waals surface area (Å²) >= 11 is 0. The van der Waals surface area contributed by atoms with Crippen LogP contribution in [0, 0.1) is 0 Å². The van der Waals surface area contributed by atoms with Crippen molar-refractivity contribution in [3.63, 3.8) is 0 Å². The number of fused-ring (bicyclic) bond motifs is 1. The minimum absolute atomic E-state index is 0.837. The van der Waals surface area contributed by atoms with Crippen molar-refractivity contribution >= 4 is 11.0 Å². The van der Waals surface area contributed by atoms with Crippen LogP contribution in [0.25, 0.3) is 78.1 Å². The summed E-state index contributed by atoms with van der Waals surface area (Å²) in [4.78, 5) is 23.8. The summed E-state index contributed by atoms with van der Waals surface area (Å²) < 4.78 is 0. The number of nitrogens with zero attached hydrogens (tertiary/aromatic N) is 5. The van der Waals surface area contributed by atoms with E-state index in [0.29, 0.717) is 0 Å². The molecule has 8 rings (SSSR count). The molecule has 0 saturated heterocycles. The summed E-state index contributed by atoms with van der Waals surface area (Å²) in [6.07, 6.45) is 8.91. The van der Waals surface area contributed by atoms with Gasteiger partial charge in [-0.1, -0.05) is 115 Å². The number of hydrogen-bond acceptors (Lipinski definition) is 5. The van der Waals surface area contributed by atoms with Gasteiger partial charge in [0.25, 0.3) is 0 Å². The molecule has 0 atom stereocenters. The van der Waals surface area contributed by atoms with Crippen LogP contribution in [0.5, 0.6) is 0 Å². The first kappa shape index (κ1) is 27.2. The van der Waals surface area contributed by atoms with Gasteiger partial charge in [-0.2, -0.15) is 0 Å². The zero-order chi connectivity index (χ0) is 30.7. The molecule has 0 bridgehead atoms. The summed E-state index contributed by atoms with van der Waals surface area (Å²) in [5.41, 5.74) is 13.7. The molecule has 46 heavy (non-hydrogen) atoms. The Morgan fingerprint density at radius 3 is 1.30 bits per heavy atom. The van der Waals surface area contributed by atoms with Crippen LogP contribution in [0.2, 0.25) is 0 Å². The van der Waals surface area contributed by atoms with Crippen LogP contribution < -0.4 is 0 Å². The van der Waals surface area contributed by atoms with Crippen LogP contribution in [0.1, 0.15) is 0 Å². The van der Waals surface area contributed by atoms with Gasteiger partial charge in [0.15, 0.2) is 0 Å². The van der Waals surface area contributed by atoms with Crippen molar-refractivity contribution in [2.75, 3.05) is 0 Å². The fourth-order valence-corrected chi connectivity index (χ4v) is 5.91. The maximum absolute atomic E-state index is 5.47. The molecule has 0 amide bonds. The van der Waals surface area contributed by atoms with Crippen molar-refractivity contribution in [2.45, 2.75) is 0 Å². The van der Waals surface area contributed by atoms with E-state index < -0.39 is 0 Å². The van der Waals surface area contributed by atoms with Crippen molar-refractivity contribution in [1.82, 2.24) is 24.9 Å². The smallest absolute Gasteiger partial charge is 0.115 e. The maximum atomic E-state index is 5.47. The summed E-state index contributed by atoms with van der Waals surface area (Å²) in [5.74, 6) is 0. The maximum Gasteiger partial charge on any atom is 0.115 e. The molecule has 216 valence electrons. The zero-order valence-electron chi connectivity index (χ0n) is 24.8. The Balaban J connectivity index is 1.41. The molecule has 3 aromatic heterocycles. The first-order valence-corrected chi connectivity index (χ1v) is 15.1. The monoisotopic (exact) mass is 589 g/mol. The third kappa shape index (κ3) is 5.20. The van der Waals surface area contributed by atoms with E-state index in [1.807, 2.05) is 61.1 Å². The normalized spacial score (nSPS) is 11.0. The van der Waals surface area contributed by atoms with Crippen molar-refractivity contribution in [3.05, 3.63) is 165 Å². The minimum atomic E-state index is 0.837. The van der Waals surface area contributed by atoms with Crippen LogP contribution in [0.4, 0.5) is 0 Å². The van der Waals surface area contributed by atoms with E-state index in [1.165, 1.54) is 0 Å². The Bertz CT molecular complexity index is 2120. The largest absolute Gasteiger partial charge is 0.264 e. The molecule has 5 heteroatoms. The van der Waals surface area contributed by atoms with E-state index in [-0.39, 0.29) is 0 Å². The molecule has 5 aromatic carbocycles. The molecular weight excluding hydrogens is 562 g/mol. The van der Waals surface area contributed by atoms with E-state index in [2.05, 4.69) is 106 Å². The average molecular weight is 590 g/mol. The summed E-state index contributed by atoms with van der Waals surface area (Å²) in [6, 6.07) is 46.0. The second-order valence-electron chi connectivity index (χ2n) is 11.0. The summed E-state index contributed by atoms with van der Waals surface area (Å²) in [7, 11) is 0. The van der Waals surface area contributed by atoms with Gasteiger partial charge in [0.05, 0.1) is 22.4 Å². The predicted octanol–water partition coefficient (Wildman–Crippen LogP) is 9.82. The summed E-state index contributed by atoms with van der Waals surface area (Å²) in [6.45, 7) is 0. The number of pyridine rings is 1. The fraction of sp³-hybridized carbons (Fsp3) is 0. The Morgan fingerprint density at radius 1 is 0.326 bits per heavy atom. The van der Waals surface area contributed by atoms with Gasteiger partial charge in [-0.3, -0.25) is 4.98 Å². The first-order chi connectivity index (χ1) is 22.8. The van der Waals surface area contributed by atoms with Crippen LogP contribution >= 0.6 is 0 Å². The van der Waals surface area contributed by atoms with Gasteiger partial charge in [-0.05, 0) is 40.5 Å². The molecule has 0 saturated carbocycles. The third-order valence-corrected chi connectivity index (χ3v) is 8.15. The van der Waals surface area contributed by atoms with Crippen LogP contribution in [-0.4, -0.2) is 24.9 Å². The first-order valence-electron chi connectivity index (χ1n) is 15.1. The lowest BCUT2D eigenvalue weighted by atomic mass is 9.93. The molecule has 0 aliphatic rings. The number of rotatable bonds is 6. The molecule has 0 spiro atoms. The molecular formula is C41H27N5. The van der Waals surface area contributed by atoms with Gasteiger partial charge in [0.2, 0.25) is 0 Å². The van der Waals surface area contributed by atoms with Crippen molar-refractivity contribution in [2.24, 2.45) is 0 Å². The minimum Gasteiger partial charge on any atom is -0.264 e. The molecule has 0 aliphatic heterocycles. The van der Waals surface area contributed by atoms with E-state index in [1.54, 1.807) is 12.5 Å². The number of benzene rings is 5. The van der Waals surface area contributed by atoms with Gasteiger partial charge in [-0.25, -0.2) is 19.9 Å². The lowest BCUT2D eigenvalue weighted by molar-refractivity contribution is 1.17. The standard InChI is InChI=1S/C41H27N5/c1-3-10-28(11-4-1)38-39(29-12-5-2-6-13-29)46-41-37(33-17-8-15-31(23-33)35-25-43-27-44-26-35)20-19-36(40(41)45-38)32-16-7-14-30(22-32)34-18-9-21-42-24-34/h1-27H. The Morgan fingerprint density at radius 2 is 0.783 bits per heavy atom. The molecule has 0 radical (unpaired) electrons. The highest BCUT2D eigenvalue weighted by Crippen LogP contribution is 2.40. The van der Waals surface area contributed by atoms with Gasteiger partial charge >= 0.3 is 0 Å². The molecule has 0 aliphatic carbocycles. The third-order valence-electron chi connectivity index (χ3n) is 8.15. The topological polar surface area (TPSA) is 64.5 Å². The van der Waals surface area contributed by atoms with Crippen LogP contribution in [0.3, 0.4) is 0 Å². The highest BCUT2D eigenvalue weighted by atomic mass is 14.8. The van der Waals surface area contributed by atoms with E-state index in [0.717, 1.165) is 78.1 Å². The molecule has 0 fully saturated rings. The lowest BCUT2D eigenvalue weighted by Crippen LogP contribution is -1.99. The van der Waals surface area contributed by atoms with Crippen molar-refractivity contribution in [3.8, 4) is 67.0 Å². The van der Waals surface area contributed by atoms with Gasteiger partial charge in [-0.15, -0.1) is 0 Å². The molecule has 3 heterocycles. The van der Waals surface area contributed by atoms with Crippen LogP contribution in [-0.2, 0) is 0 Å². The number of aromatic nitrogens is 5. The molecule has 0 unspecified atom stereocenters. The summed E-state index contributed by atoms with van der Waals surface area (Å²) in [5, 5.41) is 0. The Kier molecular flexibility index (Phi) is 7.09. The molecule has 5 nitrogen and oxygen atoms in total. The van der Waals surface area contributed by atoms with Gasteiger partial charge in [0, 0.05) is 58.2 Å². The second kappa shape index (κ2) is 12.0. The second-order valence-corrected chi connectivity index (χ2v) is 11.0. The van der Waals surface area contributed by atoms with E-state index >= 15 is 0 Å². The quantitative estimate of drug-likeness (QED) is 0.193. The SMILES string of the molecule is c1ccc(-c2nc3c(-c4cccc(-c5cccnc5)c4)ccc(-c4cccc(-c5cncnc5)c4)c3nc2-c2ccccc2)cc1. The zero-order valence-corrected chi connectivity index (χ0v) is 24.8. The molecule has 8 aromatic rings. The van der Waals surface area contributed by atoms with Gasteiger partial charge < -0.3 is 0 Å².